The molecule has 19 heavy (non-hydrogen) atoms. The number of anilines is 2. The molecule has 1 amide bonds. The van der Waals surface area contributed by atoms with E-state index in [0.29, 0.717) is 10.7 Å². The van der Waals surface area contributed by atoms with Crippen LogP contribution in [0.1, 0.15) is 10.4 Å². The molecular formula is C13H11ClFN3O. The van der Waals surface area contributed by atoms with Gasteiger partial charge in [0.1, 0.15) is 5.82 Å². The molecule has 4 N–H and O–H groups in total. The molecular weight excluding hydrogens is 269 g/mol. The topological polar surface area (TPSA) is 67.2 Å². The first kappa shape index (κ1) is 13.2. The summed E-state index contributed by atoms with van der Waals surface area (Å²) < 4.78 is 13.5. The Morgan fingerprint density at radius 2 is 1.84 bits per heavy atom. The van der Waals surface area contributed by atoms with Gasteiger partial charge >= 0.3 is 0 Å². The van der Waals surface area contributed by atoms with Crippen LogP contribution in [-0.2, 0) is 0 Å². The number of nitrogens with two attached hydrogens (primary N) is 1. The van der Waals surface area contributed by atoms with Gasteiger partial charge in [-0.25, -0.2) is 4.39 Å². The van der Waals surface area contributed by atoms with Crippen LogP contribution in [0.25, 0.3) is 0 Å². The van der Waals surface area contributed by atoms with E-state index in [0.717, 1.165) is 0 Å². The zero-order valence-corrected chi connectivity index (χ0v) is 10.5. The third-order valence-electron chi connectivity index (χ3n) is 2.44. The van der Waals surface area contributed by atoms with Crippen LogP contribution in [0.2, 0.25) is 5.02 Å². The highest BCUT2D eigenvalue weighted by Crippen LogP contribution is 2.16. The largest absolute Gasteiger partial charge is 0.398 e. The first-order chi connectivity index (χ1) is 9.08. The maximum absolute atomic E-state index is 13.5. The first-order valence-electron chi connectivity index (χ1n) is 5.44. The molecule has 0 aliphatic heterocycles. The molecule has 2 rings (SSSR count). The molecule has 98 valence electrons. The Bertz CT molecular complexity index is 581. The van der Waals surface area contributed by atoms with Crippen molar-refractivity contribution in [2.45, 2.75) is 0 Å². The minimum absolute atomic E-state index is 0.0791. The van der Waals surface area contributed by atoms with Crippen LogP contribution in [0.15, 0.2) is 42.5 Å². The number of benzene rings is 2. The summed E-state index contributed by atoms with van der Waals surface area (Å²) in [6.07, 6.45) is 0. The molecule has 0 aliphatic carbocycles. The van der Waals surface area contributed by atoms with Gasteiger partial charge in [-0.15, -0.1) is 0 Å². The van der Waals surface area contributed by atoms with Gasteiger partial charge in [0.2, 0.25) is 0 Å². The summed E-state index contributed by atoms with van der Waals surface area (Å²) in [5.41, 5.74) is 11.1. The Hall–Kier alpha value is -2.27. The number of nitrogens with one attached hydrogen (secondary N) is 2. The first-order valence-corrected chi connectivity index (χ1v) is 5.81. The van der Waals surface area contributed by atoms with E-state index in [2.05, 4.69) is 10.9 Å². The van der Waals surface area contributed by atoms with Crippen LogP contribution >= 0.6 is 11.6 Å². The Labute approximate surface area is 114 Å². The molecule has 0 radical (unpaired) electrons. The predicted octanol–water partition coefficient (Wildman–Crippen LogP) is 2.82. The molecule has 0 atom stereocenters. The van der Waals surface area contributed by atoms with Crippen LogP contribution < -0.4 is 16.6 Å². The van der Waals surface area contributed by atoms with Gasteiger partial charge in [0.05, 0.1) is 11.3 Å². The fraction of sp³-hybridized carbons (Fsp3) is 0. The number of amides is 1. The smallest absolute Gasteiger partial charge is 0.274 e. The van der Waals surface area contributed by atoms with Gasteiger partial charge in [-0.2, -0.15) is 0 Å². The number of nitrogen functional groups attached to an aromatic ring is 1. The molecule has 0 aliphatic rings. The molecule has 4 nitrogen and oxygen atoms in total. The van der Waals surface area contributed by atoms with Crippen LogP contribution in [0.3, 0.4) is 0 Å². The molecule has 2 aromatic carbocycles. The monoisotopic (exact) mass is 279 g/mol. The van der Waals surface area contributed by atoms with E-state index in [4.69, 9.17) is 17.3 Å². The standard InChI is InChI=1S/C13H11ClFN3O/c14-8-4-6-9(7-5-8)17-18-13(19)12-10(15)2-1-3-11(12)16/h1-7,17H,16H2,(H,18,19). The molecule has 0 bridgehead atoms. The maximum atomic E-state index is 13.5. The second kappa shape index (κ2) is 5.58. The number of carbonyl (C=O) groups is 1. The predicted molar refractivity (Wildman–Crippen MR) is 73.4 cm³/mol. The summed E-state index contributed by atoms with van der Waals surface area (Å²) in [6.45, 7) is 0. The van der Waals surface area contributed by atoms with Gasteiger partial charge in [-0.3, -0.25) is 15.6 Å². The van der Waals surface area contributed by atoms with Crippen LogP contribution in [0.4, 0.5) is 15.8 Å². The van der Waals surface area contributed by atoms with E-state index in [1.54, 1.807) is 24.3 Å². The number of carbonyl (C=O) groups excluding carboxylic acids is 1. The van der Waals surface area contributed by atoms with Gasteiger partial charge < -0.3 is 5.73 Å². The molecule has 0 unspecified atom stereocenters. The Balaban J connectivity index is 2.07. The van der Waals surface area contributed by atoms with Crippen molar-refractivity contribution in [1.82, 2.24) is 5.43 Å². The van der Waals surface area contributed by atoms with E-state index in [-0.39, 0.29) is 11.3 Å². The van der Waals surface area contributed by atoms with E-state index in [9.17, 15) is 9.18 Å². The highest BCUT2D eigenvalue weighted by atomic mass is 35.5. The summed E-state index contributed by atoms with van der Waals surface area (Å²) in [5.74, 6) is -1.32. The normalized spacial score (nSPS) is 10.0. The molecule has 0 spiro atoms. The molecule has 0 aromatic heterocycles. The lowest BCUT2D eigenvalue weighted by atomic mass is 10.1. The van der Waals surface area contributed by atoms with Gasteiger partial charge in [0.25, 0.3) is 5.91 Å². The van der Waals surface area contributed by atoms with Gasteiger partial charge in [0.15, 0.2) is 0 Å². The Morgan fingerprint density at radius 3 is 2.47 bits per heavy atom. The number of hydrazine groups is 1. The van der Waals surface area contributed by atoms with Crippen molar-refractivity contribution in [3.63, 3.8) is 0 Å². The summed E-state index contributed by atoms with van der Waals surface area (Å²) in [4.78, 5) is 11.8. The molecule has 2 aromatic rings. The highest BCUT2D eigenvalue weighted by Gasteiger charge is 2.14. The summed E-state index contributed by atoms with van der Waals surface area (Å²) in [7, 11) is 0. The van der Waals surface area contributed by atoms with E-state index in [1.165, 1.54) is 18.2 Å². The van der Waals surface area contributed by atoms with Crippen LogP contribution in [-0.4, -0.2) is 5.91 Å². The zero-order valence-electron chi connectivity index (χ0n) is 9.78. The van der Waals surface area contributed by atoms with Crippen molar-refractivity contribution >= 4 is 28.9 Å². The number of hydrogen-bond acceptors (Lipinski definition) is 3. The van der Waals surface area contributed by atoms with Crippen molar-refractivity contribution in [3.8, 4) is 0 Å². The lowest BCUT2D eigenvalue weighted by Gasteiger charge is -2.10. The quantitative estimate of drug-likeness (QED) is 0.598. The van der Waals surface area contributed by atoms with Crippen molar-refractivity contribution in [1.29, 1.82) is 0 Å². The van der Waals surface area contributed by atoms with Crippen LogP contribution in [0.5, 0.6) is 0 Å². The van der Waals surface area contributed by atoms with E-state index < -0.39 is 11.7 Å². The minimum atomic E-state index is -0.671. The van der Waals surface area contributed by atoms with Gasteiger partial charge in [0, 0.05) is 10.7 Å². The Morgan fingerprint density at radius 1 is 1.16 bits per heavy atom. The number of rotatable bonds is 3. The lowest BCUT2D eigenvalue weighted by molar-refractivity contribution is 0.0959. The average molecular weight is 280 g/mol. The molecule has 0 saturated heterocycles. The molecule has 0 saturated carbocycles. The number of hydrogen-bond donors (Lipinski definition) is 3. The van der Waals surface area contributed by atoms with Crippen molar-refractivity contribution in [2.75, 3.05) is 11.2 Å². The molecule has 0 heterocycles. The fourth-order valence-electron chi connectivity index (χ4n) is 1.51. The lowest BCUT2D eigenvalue weighted by Crippen LogP contribution is -2.30. The minimum Gasteiger partial charge on any atom is -0.398 e. The maximum Gasteiger partial charge on any atom is 0.274 e. The molecule has 6 heteroatoms. The molecule has 0 fully saturated rings. The van der Waals surface area contributed by atoms with Crippen LogP contribution in [0, 0.1) is 5.82 Å². The zero-order chi connectivity index (χ0) is 13.8. The Kier molecular flexibility index (Phi) is 3.87. The van der Waals surface area contributed by atoms with E-state index >= 15 is 0 Å². The highest BCUT2D eigenvalue weighted by molar-refractivity contribution is 6.30. The van der Waals surface area contributed by atoms with Gasteiger partial charge in [-0.05, 0) is 36.4 Å². The van der Waals surface area contributed by atoms with E-state index in [1.807, 2.05) is 0 Å². The van der Waals surface area contributed by atoms with Crippen molar-refractivity contribution < 1.29 is 9.18 Å². The van der Waals surface area contributed by atoms with Gasteiger partial charge in [-0.1, -0.05) is 17.7 Å². The second-order valence-corrected chi connectivity index (χ2v) is 4.23. The summed E-state index contributed by atoms with van der Waals surface area (Å²) in [6, 6.07) is 10.7. The third kappa shape index (κ3) is 3.14. The summed E-state index contributed by atoms with van der Waals surface area (Å²) >= 11 is 5.73. The average Bonchev–Trinajstić information content (AvgIpc) is 2.38. The third-order valence-corrected chi connectivity index (χ3v) is 2.69. The van der Waals surface area contributed by atoms with Crippen molar-refractivity contribution in [2.24, 2.45) is 0 Å². The SMILES string of the molecule is Nc1cccc(F)c1C(=O)NNc1ccc(Cl)cc1. The fourth-order valence-corrected chi connectivity index (χ4v) is 1.63. The number of halogens is 2. The summed E-state index contributed by atoms with van der Waals surface area (Å²) in [5, 5.41) is 0.579. The van der Waals surface area contributed by atoms with Crippen molar-refractivity contribution in [3.05, 3.63) is 58.9 Å². The second-order valence-electron chi connectivity index (χ2n) is 3.79.